The van der Waals surface area contributed by atoms with E-state index in [0.717, 1.165) is 27.8 Å². The summed E-state index contributed by atoms with van der Waals surface area (Å²) in [7, 11) is 1.69. The van der Waals surface area contributed by atoms with Gasteiger partial charge in [0.2, 0.25) is 5.82 Å². The summed E-state index contributed by atoms with van der Waals surface area (Å²) in [6.45, 7) is 4.14. The Kier molecular flexibility index (Phi) is 6.25. The molecule has 182 valence electrons. The van der Waals surface area contributed by atoms with Crippen molar-refractivity contribution in [3.63, 3.8) is 0 Å². The number of aromatic amines is 1. The average Bonchev–Trinajstić information content (AvgIpc) is 3.31. The molecule has 1 aliphatic rings. The van der Waals surface area contributed by atoms with Gasteiger partial charge in [-0.25, -0.2) is 4.98 Å². The van der Waals surface area contributed by atoms with Crippen LogP contribution in [0.3, 0.4) is 0 Å². The maximum Gasteiger partial charge on any atom is 0.291 e. The number of hydrogen-bond acceptors (Lipinski definition) is 5. The second-order valence-electron chi connectivity index (χ2n) is 8.95. The average molecular weight is 482 g/mol. The van der Waals surface area contributed by atoms with Crippen LogP contribution in [0.15, 0.2) is 66.7 Å². The highest BCUT2D eigenvalue weighted by molar-refractivity contribution is 6.02. The van der Waals surface area contributed by atoms with Gasteiger partial charge < -0.3 is 15.0 Å². The van der Waals surface area contributed by atoms with E-state index < -0.39 is 11.9 Å². The van der Waals surface area contributed by atoms with Crippen LogP contribution >= 0.6 is 0 Å². The number of aryl methyl sites for hydroxylation is 2. The molecule has 2 heterocycles. The predicted molar refractivity (Wildman–Crippen MR) is 137 cm³/mol. The summed E-state index contributed by atoms with van der Waals surface area (Å²) >= 11 is 0. The molecule has 1 aliphatic heterocycles. The number of anilines is 1. The number of hydrogen-bond donors (Lipinski definition) is 2. The van der Waals surface area contributed by atoms with Gasteiger partial charge in [-0.3, -0.25) is 14.7 Å². The van der Waals surface area contributed by atoms with Crippen LogP contribution in [0, 0.1) is 13.8 Å². The third-order valence-electron chi connectivity index (χ3n) is 6.38. The van der Waals surface area contributed by atoms with Crippen LogP contribution in [-0.2, 0) is 11.2 Å². The Morgan fingerprint density at radius 1 is 1.08 bits per heavy atom. The number of nitrogens with one attached hydrogen (secondary N) is 2. The maximum atomic E-state index is 13.3. The number of nitrogens with zero attached hydrogens (tertiary/aromatic N) is 3. The molecule has 2 N–H and O–H groups in total. The standard InChI is InChI=1S/C28H27N5O3/c1-17-8-7-9-18(2)25(17)20-12-13-23-22(15-20)33(3)28(35)21(16-36-23)29-27(34)26-30-24(31-32-26)14-19-10-5-4-6-11-19/h4-13,15,21H,14,16H2,1-3H3,(H,29,34)(H,30,31,32)/t21-/m0/s1. The van der Waals surface area contributed by atoms with Crippen molar-refractivity contribution in [2.75, 3.05) is 18.6 Å². The van der Waals surface area contributed by atoms with Gasteiger partial charge in [-0.05, 0) is 53.8 Å². The van der Waals surface area contributed by atoms with Crippen molar-refractivity contribution in [1.29, 1.82) is 0 Å². The van der Waals surface area contributed by atoms with E-state index in [4.69, 9.17) is 4.74 Å². The molecule has 2 amide bonds. The molecule has 0 aliphatic carbocycles. The number of likely N-dealkylation sites (N-methyl/N-ethyl adjacent to an activating group) is 1. The van der Waals surface area contributed by atoms with E-state index in [0.29, 0.717) is 23.7 Å². The Balaban J connectivity index is 1.32. The molecule has 5 rings (SSSR count). The van der Waals surface area contributed by atoms with E-state index in [9.17, 15) is 9.59 Å². The lowest BCUT2D eigenvalue weighted by Crippen LogP contribution is -2.49. The lowest BCUT2D eigenvalue weighted by Gasteiger charge is -2.21. The Bertz CT molecular complexity index is 1410. The number of carbonyl (C=O) groups is 2. The molecule has 1 atom stereocenters. The summed E-state index contributed by atoms with van der Waals surface area (Å²) < 4.78 is 5.95. The van der Waals surface area contributed by atoms with E-state index in [-0.39, 0.29) is 18.3 Å². The molecule has 8 nitrogen and oxygen atoms in total. The van der Waals surface area contributed by atoms with E-state index >= 15 is 0 Å². The van der Waals surface area contributed by atoms with Gasteiger partial charge >= 0.3 is 0 Å². The van der Waals surface area contributed by atoms with Crippen LogP contribution < -0.4 is 15.0 Å². The third-order valence-corrected chi connectivity index (χ3v) is 6.38. The zero-order valence-electron chi connectivity index (χ0n) is 20.4. The minimum absolute atomic E-state index is 0.00590. The van der Waals surface area contributed by atoms with Crippen molar-refractivity contribution in [3.8, 4) is 16.9 Å². The van der Waals surface area contributed by atoms with Gasteiger partial charge in [0.25, 0.3) is 11.8 Å². The molecular formula is C28H27N5O3. The number of H-pyrrole nitrogens is 1. The maximum absolute atomic E-state index is 13.3. The van der Waals surface area contributed by atoms with Crippen molar-refractivity contribution < 1.29 is 14.3 Å². The number of benzene rings is 3. The molecule has 0 bridgehead atoms. The van der Waals surface area contributed by atoms with Crippen molar-refractivity contribution in [2.45, 2.75) is 26.3 Å². The van der Waals surface area contributed by atoms with Gasteiger partial charge in [-0.2, -0.15) is 0 Å². The number of ether oxygens (including phenoxy) is 1. The molecule has 0 fully saturated rings. The molecule has 0 spiro atoms. The van der Waals surface area contributed by atoms with Gasteiger partial charge in [0.15, 0.2) is 0 Å². The Morgan fingerprint density at radius 3 is 2.58 bits per heavy atom. The minimum atomic E-state index is -0.880. The van der Waals surface area contributed by atoms with Crippen molar-refractivity contribution in [2.24, 2.45) is 0 Å². The van der Waals surface area contributed by atoms with E-state index in [2.05, 4.69) is 46.5 Å². The first-order valence-corrected chi connectivity index (χ1v) is 11.8. The van der Waals surface area contributed by atoms with Crippen LogP contribution in [0.1, 0.15) is 33.1 Å². The largest absolute Gasteiger partial charge is 0.489 e. The van der Waals surface area contributed by atoms with Crippen molar-refractivity contribution >= 4 is 17.5 Å². The van der Waals surface area contributed by atoms with Gasteiger partial charge in [0, 0.05) is 13.5 Å². The van der Waals surface area contributed by atoms with Gasteiger partial charge in [-0.15, -0.1) is 5.10 Å². The van der Waals surface area contributed by atoms with E-state index in [1.807, 2.05) is 54.6 Å². The highest BCUT2D eigenvalue weighted by Crippen LogP contribution is 2.37. The zero-order valence-corrected chi connectivity index (χ0v) is 20.4. The molecule has 0 radical (unpaired) electrons. The summed E-state index contributed by atoms with van der Waals surface area (Å²) in [6, 6.07) is 20.9. The first-order chi connectivity index (χ1) is 17.4. The molecule has 8 heteroatoms. The highest BCUT2D eigenvalue weighted by Gasteiger charge is 2.32. The number of amides is 2. The molecule has 1 aromatic heterocycles. The van der Waals surface area contributed by atoms with Gasteiger partial charge in [0.05, 0.1) is 5.69 Å². The Morgan fingerprint density at radius 2 is 1.83 bits per heavy atom. The fourth-order valence-electron chi connectivity index (χ4n) is 4.52. The molecule has 36 heavy (non-hydrogen) atoms. The van der Waals surface area contributed by atoms with Crippen LogP contribution in [0.5, 0.6) is 5.75 Å². The third kappa shape index (κ3) is 4.57. The highest BCUT2D eigenvalue weighted by atomic mass is 16.5. The number of rotatable bonds is 5. The monoisotopic (exact) mass is 481 g/mol. The molecule has 4 aromatic rings. The first-order valence-electron chi connectivity index (χ1n) is 11.8. The fraction of sp³-hybridized carbons (Fsp3) is 0.214. The minimum Gasteiger partial charge on any atom is -0.489 e. The van der Waals surface area contributed by atoms with Crippen LogP contribution in [0.2, 0.25) is 0 Å². The summed E-state index contributed by atoms with van der Waals surface area (Å²) in [6.07, 6.45) is 0.521. The predicted octanol–water partition coefficient (Wildman–Crippen LogP) is 3.83. The molecule has 0 saturated carbocycles. The molecule has 3 aromatic carbocycles. The number of aromatic nitrogens is 3. The Hall–Kier alpha value is -4.46. The van der Waals surface area contributed by atoms with E-state index in [1.165, 1.54) is 4.90 Å². The fourth-order valence-corrected chi connectivity index (χ4v) is 4.52. The Labute approximate surface area is 209 Å². The van der Waals surface area contributed by atoms with Gasteiger partial charge in [0.1, 0.15) is 24.2 Å². The summed E-state index contributed by atoms with van der Waals surface area (Å²) in [5.74, 6) is 0.318. The summed E-state index contributed by atoms with van der Waals surface area (Å²) in [5, 5.41) is 9.57. The molecular weight excluding hydrogens is 454 g/mol. The smallest absolute Gasteiger partial charge is 0.291 e. The normalized spacial score (nSPS) is 15.1. The van der Waals surface area contributed by atoms with Crippen molar-refractivity contribution in [1.82, 2.24) is 20.5 Å². The van der Waals surface area contributed by atoms with E-state index in [1.54, 1.807) is 7.05 Å². The summed E-state index contributed by atoms with van der Waals surface area (Å²) in [4.78, 5) is 32.0. The second kappa shape index (κ2) is 9.65. The topological polar surface area (TPSA) is 100 Å². The second-order valence-corrected chi connectivity index (χ2v) is 8.95. The SMILES string of the molecule is Cc1cccc(C)c1-c1ccc2c(c1)N(C)C(=O)[C@@H](NC(=O)c1n[nH]c(Cc3ccccc3)n1)CO2. The first kappa shape index (κ1) is 23.3. The molecule has 0 saturated heterocycles. The zero-order chi connectivity index (χ0) is 25.2. The summed E-state index contributed by atoms with van der Waals surface area (Å²) in [5.41, 5.74) is 6.14. The lowest BCUT2D eigenvalue weighted by molar-refractivity contribution is -0.120. The van der Waals surface area contributed by atoms with Crippen molar-refractivity contribution in [3.05, 3.63) is 95.1 Å². The number of fused-ring (bicyclic) bond motifs is 1. The number of carbonyl (C=O) groups excluding carboxylic acids is 2. The van der Waals surface area contributed by atoms with Gasteiger partial charge in [-0.1, -0.05) is 54.6 Å². The van der Waals surface area contributed by atoms with Crippen LogP contribution in [0.25, 0.3) is 11.1 Å². The lowest BCUT2D eigenvalue weighted by atomic mass is 9.95. The van der Waals surface area contributed by atoms with Crippen LogP contribution in [0.4, 0.5) is 5.69 Å². The van der Waals surface area contributed by atoms with Crippen LogP contribution in [-0.4, -0.2) is 46.7 Å². The molecule has 0 unspecified atom stereocenters. The quantitative estimate of drug-likeness (QED) is 0.451.